The predicted octanol–water partition coefficient (Wildman–Crippen LogP) is 22.0. The van der Waals surface area contributed by atoms with Crippen LogP contribution in [0.25, 0.3) is 0 Å². The zero-order valence-corrected chi connectivity index (χ0v) is 51.1. The second-order valence-electron chi connectivity index (χ2n) is 25.2. The molecular weight excluding hydrogens is 909 g/mol. The number of hydrogen-bond acceptors (Lipinski definition) is 2. The lowest BCUT2D eigenvalue weighted by atomic mass is 9.76. The number of hydrogen-bond donors (Lipinski definition) is 2. The van der Waals surface area contributed by atoms with E-state index in [2.05, 4.69) is 116 Å². The molecule has 0 aliphatic heterocycles. The van der Waals surface area contributed by atoms with Gasteiger partial charge in [-0.2, -0.15) is 0 Å². The zero-order chi connectivity index (χ0) is 54.1. The molecule has 0 aliphatic rings. The van der Waals surface area contributed by atoms with Crippen LogP contribution in [-0.4, -0.2) is 22.4 Å². The Morgan fingerprint density at radius 2 is 0.733 bits per heavy atom. The Morgan fingerprint density at radius 1 is 0.347 bits per heavy atom. The molecule has 0 heterocycles. The van der Waals surface area contributed by atoms with Crippen molar-refractivity contribution in [3.63, 3.8) is 0 Å². The summed E-state index contributed by atoms with van der Waals surface area (Å²) >= 11 is 0. The first-order chi connectivity index (χ1) is 36.6. The fourth-order valence-corrected chi connectivity index (χ4v) is 12.7. The van der Waals surface area contributed by atoms with Gasteiger partial charge in [0.2, 0.25) is 0 Å². The summed E-state index contributed by atoms with van der Waals surface area (Å²) in [6.07, 6.45) is 50.0. The van der Waals surface area contributed by atoms with Gasteiger partial charge in [-0.05, 0) is 158 Å². The van der Waals surface area contributed by atoms with Gasteiger partial charge in [0.05, 0.1) is 12.2 Å². The smallest absolute Gasteiger partial charge is 0.0580 e. The van der Waals surface area contributed by atoms with Gasteiger partial charge < -0.3 is 10.2 Å². The van der Waals surface area contributed by atoms with Crippen LogP contribution >= 0.6 is 0 Å². The van der Waals surface area contributed by atoms with E-state index in [1.807, 2.05) is 0 Å². The van der Waals surface area contributed by atoms with Crippen molar-refractivity contribution in [1.82, 2.24) is 0 Å². The molecule has 0 saturated heterocycles. The first-order valence-corrected chi connectivity index (χ1v) is 33.2. The van der Waals surface area contributed by atoms with Gasteiger partial charge in [0.25, 0.3) is 0 Å². The van der Waals surface area contributed by atoms with E-state index in [4.69, 9.17) is 0 Å². The van der Waals surface area contributed by atoms with Crippen molar-refractivity contribution in [2.75, 3.05) is 0 Å². The lowest BCUT2D eigenvalue weighted by Crippen LogP contribution is -2.16. The van der Waals surface area contributed by atoms with Crippen molar-refractivity contribution >= 4 is 0 Å². The maximum absolute atomic E-state index is 11.4. The summed E-state index contributed by atoms with van der Waals surface area (Å²) in [4.78, 5) is 0. The van der Waals surface area contributed by atoms with Crippen molar-refractivity contribution in [1.29, 1.82) is 0 Å². The largest absolute Gasteiger partial charge is 0.393 e. The van der Waals surface area contributed by atoms with E-state index in [0.29, 0.717) is 17.8 Å². The Labute approximate surface area is 467 Å². The SMILES string of the molecule is CCCCCCCCCc1cc(CC(C)CC(CC(CCC)Cc2cc(CCCCCCCCC)cc(CC(O)CCCCCCC)c2)c2ccccc2CCCCCC(C)C)cc(CC(O)CCCCCCC)c1. The highest BCUT2D eigenvalue weighted by Crippen LogP contribution is 2.37. The summed E-state index contributed by atoms with van der Waals surface area (Å²) in [5.41, 5.74) is 11.9. The van der Waals surface area contributed by atoms with E-state index in [9.17, 15) is 10.2 Å². The second kappa shape index (κ2) is 43.5. The maximum Gasteiger partial charge on any atom is 0.0580 e. The van der Waals surface area contributed by atoms with Gasteiger partial charge in [-0.15, -0.1) is 0 Å². The van der Waals surface area contributed by atoms with E-state index in [1.54, 1.807) is 11.1 Å². The van der Waals surface area contributed by atoms with Gasteiger partial charge in [-0.1, -0.05) is 289 Å². The Kier molecular flexibility index (Phi) is 38.7. The summed E-state index contributed by atoms with van der Waals surface area (Å²) in [6, 6.07) is 24.8. The molecule has 428 valence electrons. The first-order valence-electron chi connectivity index (χ1n) is 33.2. The molecule has 0 saturated carbocycles. The highest BCUT2D eigenvalue weighted by molar-refractivity contribution is 5.34. The van der Waals surface area contributed by atoms with Crippen LogP contribution in [0.4, 0.5) is 0 Å². The molecule has 2 N–H and O–H groups in total. The molecule has 0 spiro atoms. The standard InChI is InChI=1S/C73H124O2/c1-9-14-18-22-24-28-32-41-63-51-65(55-67(53-63)58-71(74)45-35-26-20-16-11-3)48-61(8)49-70(73-47-38-37-44-69(73)43-34-30-31-40-60(6)7)57-62(39-13-5)50-66-52-64(42-33-29-25-23-19-15-10-2)54-68(56-66)59-72(75)46-36-27-21-17-12-4/h37-38,44,47,51-56,60-62,70-72,74-75H,9-36,39-43,45-46,48-50,57-59H2,1-8H3. The Balaban J connectivity index is 1.94. The lowest BCUT2D eigenvalue weighted by Gasteiger charge is -2.29. The molecule has 75 heavy (non-hydrogen) atoms. The van der Waals surface area contributed by atoms with Gasteiger partial charge >= 0.3 is 0 Å². The fourth-order valence-electron chi connectivity index (χ4n) is 12.7. The van der Waals surface area contributed by atoms with Crippen molar-refractivity contribution in [2.24, 2.45) is 17.8 Å². The van der Waals surface area contributed by atoms with E-state index in [0.717, 1.165) is 70.1 Å². The molecule has 0 amide bonds. The molecule has 0 bridgehead atoms. The van der Waals surface area contributed by atoms with Gasteiger partial charge in [-0.25, -0.2) is 0 Å². The fraction of sp³-hybridized carbons (Fsp3) is 0.753. The maximum atomic E-state index is 11.4. The minimum absolute atomic E-state index is 0.255. The Morgan fingerprint density at radius 3 is 1.21 bits per heavy atom. The Hall–Kier alpha value is -2.42. The van der Waals surface area contributed by atoms with Gasteiger partial charge in [-0.3, -0.25) is 0 Å². The molecule has 2 nitrogen and oxygen atoms in total. The average Bonchev–Trinajstić information content (AvgIpc) is 3.37. The summed E-state index contributed by atoms with van der Waals surface area (Å²) in [6.45, 7) is 18.9. The molecule has 3 aromatic carbocycles. The monoisotopic (exact) mass is 1030 g/mol. The molecule has 0 fully saturated rings. The molecule has 3 aromatic rings. The van der Waals surface area contributed by atoms with E-state index in [1.165, 1.54) is 232 Å². The minimum atomic E-state index is -0.255. The summed E-state index contributed by atoms with van der Waals surface area (Å²) in [5.74, 6) is 2.44. The topological polar surface area (TPSA) is 40.5 Å². The van der Waals surface area contributed by atoms with Crippen molar-refractivity contribution < 1.29 is 10.2 Å². The number of aliphatic hydroxyl groups excluding tert-OH is 2. The average molecular weight is 1030 g/mol. The number of aliphatic hydroxyl groups is 2. The van der Waals surface area contributed by atoms with Gasteiger partial charge in [0, 0.05) is 0 Å². The number of benzene rings is 3. The lowest BCUT2D eigenvalue weighted by molar-refractivity contribution is 0.160. The second-order valence-corrected chi connectivity index (χ2v) is 25.2. The molecule has 0 radical (unpaired) electrons. The summed E-state index contributed by atoms with van der Waals surface area (Å²) in [5, 5.41) is 22.7. The van der Waals surface area contributed by atoms with E-state index in [-0.39, 0.29) is 12.2 Å². The number of unbranched alkanes of at least 4 members (excludes halogenated alkanes) is 22. The summed E-state index contributed by atoms with van der Waals surface area (Å²) in [7, 11) is 0. The molecule has 0 aromatic heterocycles. The van der Waals surface area contributed by atoms with E-state index < -0.39 is 0 Å². The van der Waals surface area contributed by atoms with Gasteiger partial charge in [0.15, 0.2) is 0 Å². The summed E-state index contributed by atoms with van der Waals surface area (Å²) < 4.78 is 0. The van der Waals surface area contributed by atoms with Crippen LogP contribution in [0.2, 0.25) is 0 Å². The third-order valence-corrected chi connectivity index (χ3v) is 16.9. The molecule has 2 heteroatoms. The molecule has 5 unspecified atom stereocenters. The highest BCUT2D eigenvalue weighted by Gasteiger charge is 2.24. The third-order valence-electron chi connectivity index (χ3n) is 16.9. The first kappa shape index (κ1) is 66.9. The molecule has 5 atom stereocenters. The van der Waals surface area contributed by atoms with Crippen LogP contribution < -0.4 is 0 Å². The van der Waals surface area contributed by atoms with Crippen LogP contribution in [0.1, 0.15) is 324 Å². The van der Waals surface area contributed by atoms with Crippen LogP contribution in [0.5, 0.6) is 0 Å². The highest BCUT2D eigenvalue weighted by atomic mass is 16.3. The molecule has 0 aliphatic carbocycles. The molecule has 3 rings (SSSR count). The van der Waals surface area contributed by atoms with Crippen molar-refractivity contribution in [3.05, 3.63) is 105 Å². The molecular formula is C73H124O2. The van der Waals surface area contributed by atoms with Crippen molar-refractivity contribution in [2.45, 2.75) is 337 Å². The Bertz CT molecular complexity index is 1790. The minimum Gasteiger partial charge on any atom is -0.393 e. The van der Waals surface area contributed by atoms with Crippen LogP contribution in [0.15, 0.2) is 60.7 Å². The van der Waals surface area contributed by atoms with Gasteiger partial charge in [0.1, 0.15) is 0 Å². The normalized spacial score (nSPS) is 13.9. The predicted molar refractivity (Wildman–Crippen MR) is 333 cm³/mol. The number of aryl methyl sites for hydroxylation is 3. The number of rotatable bonds is 49. The quantitative estimate of drug-likeness (QED) is 0.0553. The van der Waals surface area contributed by atoms with Crippen LogP contribution in [-0.2, 0) is 44.9 Å². The van der Waals surface area contributed by atoms with E-state index >= 15 is 0 Å². The van der Waals surface area contributed by atoms with Crippen LogP contribution in [0, 0.1) is 17.8 Å². The zero-order valence-electron chi connectivity index (χ0n) is 51.1. The van der Waals surface area contributed by atoms with Crippen molar-refractivity contribution in [3.8, 4) is 0 Å². The van der Waals surface area contributed by atoms with Crippen LogP contribution in [0.3, 0.4) is 0 Å². The third kappa shape index (κ3) is 32.3.